The molecule has 0 bridgehead atoms. The zero-order chi connectivity index (χ0) is 14.0. The van der Waals surface area contributed by atoms with Crippen LogP contribution in [0.2, 0.25) is 0 Å². The number of carboxylic acid groups (broad SMARTS) is 1. The van der Waals surface area contributed by atoms with Gasteiger partial charge in [0, 0.05) is 19.1 Å². The maximum absolute atomic E-state index is 11.3. The van der Waals surface area contributed by atoms with Crippen molar-refractivity contribution in [3.05, 3.63) is 37.5 Å². The van der Waals surface area contributed by atoms with Crippen LogP contribution in [0.4, 0.5) is 0 Å². The fourth-order valence-electron chi connectivity index (χ4n) is 0.877. The minimum atomic E-state index is -1.62. The fourth-order valence-corrected chi connectivity index (χ4v) is 0.877. The fraction of sp³-hybridized carbons (Fsp3) is 0.333. The number of carbonyl (C=O) groups is 2. The summed E-state index contributed by atoms with van der Waals surface area (Å²) in [6, 6.07) is 0. The molecule has 0 radical (unpaired) electrons. The average molecular weight is 256 g/mol. The van der Waals surface area contributed by atoms with E-state index >= 15 is 0 Å². The molecule has 18 heavy (non-hydrogen) atoms. The van der Waals surface area contributed by atoms with E-state index < -0.39 is 17.9 Å². The lowest BCUT2D eigenvalue weighted by atomic mass is 10.5. The largest absolute Gasteiger partial charge is 0.478 e. The summed E-state index contributed by atoms with van der Waals surface area (Å²) in [6.45, 7) is 8.48. The number of esters is 1. The second kappa shape index (κ2) is 8.21. The van der Waals surface area contributed by atoms with Crippen LogP contribution in [0.1, 0.15) is 6.92 Å². The summed E-state index contributed by atoms with van der Waals surface area (Å²) in [5.41, 5.74) is 0. The van der Waals surface area contributed by atoms with Gasteiger partial charge in [-0.05, 0) is 0 Å². The Kier molecular flexibility index (Phi) is 7.34. The molecule has 6 nitrogen and oxygen atoms in total. The average Bonchev–Trinajstić information content (AvgIpc) is 2.31. The van der Waals surface area contributed by atoms with E-state index in [4.69, 9.17) is 19.3 Å². The summed E-state index contributed by atoms with van der Waals surface area (Å²) in [7, 11) is 0. The van der Waals surface area contributed by atoms with Crippen molar-refractivity contribution in [2.75, 3.05) is 13.2 Å². The first-order valence-corrected chi connectivity index (χ1v) is 5.07. The smallest absolute Gasteiger partial charge is 0.335 e. The van der Waals surface area contributed by atoms with Crippen LogP contribution in [0.3, 0.4) is 0 Å². The Morgan fingerprint density at radius 3 is 2.06 bits per heavy atom. The summed E-state index contributed by atoms with van der Waals surface area (Å²) in [6.07, 6.45) is 4.33. The molecule has 0 amide bonds. The lowest BCUT2D eigenvalue weighted by Gasteiger charge is -2.27. The number of rotatable bonds is 9. The van der Waals surface area contributed by atoms with Gasteiger partial charge >= 0.3 is 17.9 Å². The van der Waals surface area contributed by atoms with Crippen LogP contribution < -0.4 is 0 Å². The second-order valence-corrected chi connectivity index (χ2v) is 3.15. The normalized spacial score (nSPS) is 11.2. The van der Waals surface area contributed by atoms with Crippen molar-refractivity contribution in [2.24, 2.45) is 0 Å². The third-order valence-electron chi connectivity index (χ3n) is 1.57. The molecule has 0 fully saturated rings. The van der Waals surface area contributed by atoms with Gasteiger partial charge in [0.1, 0.15) is 0 Å². The third kappa shape index (κ3) is 7.37. The third-order valence-corrected chi connectivity index (χ3v) is 1.57. The van der Waals surface area contributed by atoms with Gasteiger partial charge in [0.15, 0.2) is 0 Å². The van der Waals surface area contributed by atoms with Crippen molar-refractivity contribution in [1.29, 1.82) is 0 Å². The van der Waals surface area contributed by atoms with E-state index in [2.05, 4.69) is 13.2 Å². The van der Waals surface area contributed by atoms with Gasteiger partial charge in [0.05, 0.1) is 13.2 Å². The zero-order valence-corrected chi connectivity index (χ0v) is 10.1. The van der Waals surface area contributed by atoms with E-state index in [1.165, 1.54) is 19.1 Å². The maximum Gasteiger partial charge on any atom is 0.335 e. The number of ether oxygens (including phenoxy) is 3. The van der Waals surface area contributed by atoms with Crippen LogP contribution in [0, 0.1) is 0 Å². The van der Waals surface area contributed by atoms with Crippen molar-refractivity contribution in [1.82, 2.24) is 0 Å². The molecule has 0 spiro atoms. The molecule has 1 N–H and O–H groups in total. The van der Waals surface area contributed by atoms with Gasteiger partial charge in [0.2, 0.25) is 0 Å². The molecule has 0 atom stereocenters. The first kappa shape index (κ1) is 16.1. The van der Waals surface area contributed by atoms with Crippen molar-refractivity contribution in [2.45, 2.75) is 12.9 Å². The zero-order valence-electron chi connectivity index (χ0n) is 10.1. The van der Waals surface area contributed by atoms with Crippen LogP contribution in [0.5, 0.6) is 0 Å². The van der Waals surface area contributed by atoms with E-state index in [1.54, 1.807) is 0 Å². The van der Waals surface area contributed by atoms with Crippen LogP contribution in [-0.4, -0.2) is 36.2 Å². The SMILES string of the molecule is C=CCOC(C)(OCC=C)OC(=O)C=CC(=O)O. The van der Waals surface area contributed by atoms with Crippen LogP contribution in [0.15, 0.2) is 37.5 Å². The van der Waals surface area contributed by atoms with Crippen LogP contribution in [0.25, 0.3) is 0 Å². The van der Waals surface area contributed by atoms with Gasteiger partial charge < -0.3 is 19.3 Å². The van der Waals surface area contributed by atoms with Crippen LogP contribution in [-0.2, 0) is 23.8 Å². The number of aliphatic carboxylic acids is 1. The van der Waals surface area contributed by atoms with E-state index in [-0.39, 0.29) is 13.2 Å². The number of hydrogen-bond acceptors (Lipinski definition) is 5. The lowest BCUT2D eigenvalue weighted by Crippen LogP contribution is -2.38. The van der Waals surface area contributed by atoms with Crippen LogP contribution >= 0.6 is 0 Å². The summed E-state index contributed by atoms with van der Waals surface area (Å²) < 4.78 is 15.2. The molecule has 0 aromatic carbocycles. The van der Waals surface area contributed by atoms with Gasteiger partial charge in [-0.15, -0.1) is 13.2 Å². The Balaban J connectivity index is 4.55. The lowest BCUT2D eigenvalue weighted by molar-refractivity contribution is -0.343. The van der Waals surface area contributed by atoms with Crippen molar-refractivity contribution in [3.63, 3.8) is 0 Å². The summed E-state index contributed by atoms with van der Waals surface area (Å²) >= 11 is 0. The van der Waals surface area contributed by atoms with Crippen molar-refractivity contribution in [3.8, 4) is 0 Å². The molecule has 0 aliphatic heterocycles. The predicted octanol–water partition coefficient (Wildman–Crippen LogP) is 1.25. The number of hydrogen-bond donors (Lipinski definition) is 1. The highest BCUT2D eigenvalue weighted by atomic mass is 16.9. The highest BCUT2D eigenvalue weighted by Gasteiger charge is 2.29. The Morgan fingerprint density at radius 2 is 1.67 bits per heavy atom. The van der Waals surface area contributed by atoms with E-state index in [1.807, 2.05) is 0 Å². The molecule has 0 saturated heterocycles. The summed E-state index contributed by atoms with van der Waals surface area (Å²) in [5.74, 6) is -3.77. The molecule has 6 heteroatoms. The van der Waals surface area contributed by atoms with E-state index in [0.717, 1.165) is 6.08 Å². The molecule has 0 aliphatic rings. The predicted molar refractivity (Wildman–Crippen MR) is 63.6 cm³/mol. The first-order chi connectivity index (χ1) is 8.43. The molecular formula is C12H16O6. The first-order valence-electron chi connectivity index (χ1n) is 5.07. The van der Waals surface area contributed by atoms with E-state index in [0.29, 0.717) is 6.08 Å². The molecule has 0 aromatic heterocycles. The number of carbonyl (C=O) groups excluding carboxylic acids is 1. The topological polar surface area (TPSA) is 82.1 Å². The maximum atomic E-state index is 11.3. The van der Waals surface area contributed by atoms with Gasteiger partial charge in [-0.1, -0.05) is 12.2 Å². The molecule has 100 valence electrons. The standard InChI is InChI=1S/C12H16O6/c1-4-8-16-12(3,17-9-5-2)18-11(15)7-6-10(13)14/h4-7H,1-2,8-9H2,3H3,(H,13,14). The molecule has 0 saturated carbocycles. The van der Waals surface area contributed by atoms with E-state index in [9.17, 15) is 9.59 Å². The molecule has 0 aromatic rings. The Labute approximate surface area is 105 Å². The monoisotopic (exact) mass is 256 g/mol. The molecule has 0 aliphatic carbocycles. The summed E-state index contributed by atoms with van der Waals surface area (Å²) in [5, 5.41) is 8.36. The Hall–Kier alpha value is -1.92. The molecule has 0 heterocycles. The molecule has 0 unspecified atom stereocenters. The van der Waals surface area contributed by atoms with Crippen molar-refractivity contribution >= 4 is 11.9 Å². The highest BCUT2D eigenvalue weighted by Crippen LogP contribution is 2.15. The van der Waals surface area contributed by atoms with Gasteiger partial charge in [0.25, 0.3) is 0 Å². The number of carboxylic acids is 1. The summed E-state index contributed by atoms with van der Waals surface area (Å²) in [4.78, 5) is 21.5. The second-order valence-electron chi connectivity index (χ2n) is 3.15. The molecule has 0 rings (SSSR count). The van der Waals surface area contributed by atoms with Gasteiger partial charge in [-0.2, -0.15) is 0 Å². The highest BCUT2D eigenvalue weighted by molar-refractivity contribution is 5.90. The van der Waals surface area contributed by atoms with Gasteiger partial charge in [-0.3, -0.25) is 0 Å². The quantitative estimate of drug-likeness (QED) is 0.289. The Bertz CT molecular complexity index is 332. The minimum Gasteiger partial charge on any atom is -0.478 e. The molecular weight excluding hydrogens is 240 g/mol. The minimum absolute atomic E-state index is 0.101. The van der Waals surface area contributed by atoms with Crippen molar-refractivity contribution < 1.29 is 28.9 Å². The Morgan fingerprint density at radius 1 is 1.17 bits per heavy atom. The van der Waals surface area contributed by atoms with Gasteiger partial charge in [-0.25, -0.2) is 9.59 Å².